The van der Waals surface area contributed by atoms with Crippen LogP contribution in [-0.2, 0) is 6.54 Å². The molecule has 0 unspecified atom stereocenters. The minimum atomic E-state index is -1.00. The number of aromatic carboxylic acids is 1. The number of nitrogens with one attached hydrogen (secondary N) is 1. The van der Waals surface area contributed by atoms with Gasteiger partial charge in [-0.3, -0.25) is 0 Å². The summed E-state index contributed by atoms with van der Waals surface area (Å²) in [5.74, 6) is -0.421. The van der Waals surface area contributed by atoms with Crippen LogP contribution in [0.5, 0.6) is 0 Å². The Balaban J connectivity index is 2.04. The second kappa shape index (κ2) is 5.91. The number of hydrogen-bond acceptors (Lipinski definition) is 3. The molecule has 0 bridgehead atoms. The molecule has 1 aromatic carbocycles. The first-order valence-corrected chi connectivity index (χ1v) is 6.19. The van der Waals surface area contributed by atoms with Gasteiger partial charge in [0.05, 0.1) is 5.56 Å². The number of hydrogen-bond donors (Lipinski definition) is 2. The van der Waals surface area contributed by atoms with Crippen LogP contribution in [0.1, 0.15) is 15.9 Å². The van der Waals surface area contributed by atoms with Gasteiger partial charge in [0, 0.05) is 22.8 Å². The average Bonchev–Trinajstić information content (AvgIpc) is 2.38. The van der Waals surface area contributed by atoms with Crippen molar-refractivity contribution in [3.63, 3.8) is 0 Å². The highest BCUT2D eigenvalue weighted by molar-refractivity contribution is 6.35. The molecule has 98 valence electrons. The number of nitrogens with zero attached hydrogens (tertiary/aromatic N) is 1. The van der Waals surface area contributed by atoms with Crippen LogP contribution in [0.3, 0.4) is 0 Å². The quantitative estimate of drug-likeness (QED) is 0.903. The summed E-state index contributed by atoms with van der Waals surface area (Å²) in [6.45, 7) is 0.482. The number of pyridine rings is 1. The molecule has 1 heterocycles. The van der Waals surface area contributed by atoms with E-state index < -0.39 is 5.97 Å². The Bertz CT molecular complexity index is 600. The van der Waals surface area contributed by atoms with Crippen molar-refractivity contribution in [2.75, 3.05) is 5.32 Å². The van der Waals surface area contributed by atoms with Crippen LogP contribution < -0.4 is 5.32 Å². The highest BCUT2D eigenvalue weighted by Crippen LogP contribution is 2.21. The summed E-state index contributed by atoms with van der Waals surface area (Å²) in [7, 11) is 0. The van der Waals surface area contributed by atoms with Gasteiger partial charge in [-0.15, -0.1) is 0 Å². The topological polar surface area (TPSA) is 62.2 Å². The van der Waals surface area contributed by atoms with Gasteiger partial charge in [0.1, 0.15) is 5.82 Å². The van der Waals surface area contributed by atoms with E-state index in [1.807, 2.05) is 6.07 Å². The van der Waals surface area contributed by atoms with Gasteiger partial charge in [-0.05, 0) is 29.8 Å². The number of rotatable bonds is 4. The Morgan fingerprint density at radius 2 is 2.05 bits per heavy atom. The van der Waals surface area contributed by atoms with Crippen molar-refractivity contribution in [3.8, 4) is 0 Å². The summed E-state index contributed by atoms with van der Waals surface area (Å²) < 4.78 is 0. The second-order valence-corrected chi connectivity index (χ2v) is 4.67. The van der Waals surface area contributed by atoms with E-state index in [0.29, 0.717) is 22.4 Å². The SMILES string of the molecule is O=C(O)c1ccc(NCc2ccc(Cl)cc2Cl)nc1. The number of carbonyl (C=O) groups is 1. The Hall–Kier alpha value is -1.78. The van der Waals surface area contributed by atoms with Gasteiger partial charge in [-0.2, -0.15) is 0 Å². The molecule has 4 nitrogen and oxygen atoms in total. The molecule has 2 aromatic rings. The lowest BCUT2D eigenvalue weighted by atomic mass is 10.2. The molecule has 19 heavy (non-hydrogen) atoms. The zero-order chi connectivity index (χ0) is 13.8. The molecule has 1 aromatic heterocycles. The molecule has 0 aliphatic heterocycles. The molecule has 0 atom stereocenters. The zero-order valence-electron chi connectivity index (χ0n) is 9.73. The van der Waals surface area contributed by atoms with Gasteiger partial charge in [-0.25, -0.2) is 9.78 Å². The molecular formula is C13H10Cl2N2O2. The van der Waals surface area contributed by atoms with E-state index in [0.717, 1.165) is 5.56 Å². The molecule has 2 N–H and O–H groups in total. The van der Waals surface area contributed by atoms with E-state index in [4.69, 9.17) is 28.3 Å². The number of aromatic nitrogens is 1. The maximum absolute atomic E-state index is 10.7. The molecule has 0 amide bonds. The first-order chi connectivity index (χ1) is 9.06. The first-order valence-electron chi connectivity index (χ1n) is 5.43. The van der Waals surface area contributed by atoms with Gasteiger partial charge in [0.15, 0.2) is 0 Å². The van der Waals surface area contributed by atoms with Crippen molar-refractivity contribution in [2.24, 2.45) is 0 Å². The molecule has 0 saturated heterocycles. The highest BCUT2D eigenvalue weighted by Gasteiger charge is 2.04. The fraction of sp³-hybridized carbons (Fsp3) is 0.0769. The van der Waals surface area contributed by atoms with Crippen LogP contribution in [-0.4, -0.2) is 16.1 Å². The van der Waals surface area contributed by atoms with Crippen molar-refractivity contribution < 1.29 is 9.90 Å². The van der Waals surface area contributed by atoms with Gasteiger partial charge >= 0.3 is 5.97 Å². The molecule has 0 aliphatic carbocycles. The monoisotopic (exact) mass is 296 g/mol. The third-order valence-electron chi connectivity index (χ3n) is 2.49. The molecule has 2 rings (SSSR count). The standard InChI is InChI=1S/C13H10Cl2N2O2/c14-10-3-1-8(11(15)5-10)6-16-12-4-2-9(7-17-12)13(18)19/h1-5,7H,6H2,(H,16,17)(H,18,19). The fourth-order valence-corrected chi connectivity index (χ4v) is 1.95. The zero-order valence-corrected chi connectivity index (χ0v) is 11.2. The second-order valence-electron chi connectivity index (χ2n) is 3.83. The maximum atomic E-state index is 10.7. The largest absolute Gasteiger partial charge is 0.478 e. The Morgan fingerprint density at radius 1 is 1.26 bits per heavy atom. The van der Waals surface area contributed by atoms with Crippen LogP contribution in [0.15, 0.2) is 36.5 Å². The van der Waals surface area contributed by atoms with Gasteiger partial charge in [0.2, 0.25) is 0 Å². The fourth-order valence-electron chi connectivity index (χ4n) is 1.48. The van der Waals surface area contributed by atoms with E-state index in [2.05, 4.69) is 10.3 Å². The normalized spacial score (nSPS) is 10.2. The summed E-state index contributed by atoms with van der Waals surface area (Å²) in [5.41, 5.74) is 1.03. The molecular weight excluding hydrogens is 287 g/mol. The lowest BCUT2D eigenvalue weighted by Gasteiger charge is -2.07. The van der Waals surface area contributed by atoms with Crippen LogP contribution >= 0.6 is 23.2 Å². The number of anilines is 1. The smallest absolute Gasteiger partial charge is 0.337 e. The summed E-state index contributed by atoms with van der Waals surface area (Å²) in [4.78, 5) is 14.7. The van der Waals surface area contributed by atoms with E-state index >= 15 is 0 Å². The summed E-state index contributed by atoms with van der Waals surface area (Å²) in [5, 5.41) is 13.0. The van der Waals surface area contributed by atoms with Crippen molar-refractivity contribution in [1.29, 1.82) is 0 Å². The van der Waals surface area contributed by atoms with Crippen LogP contribution in [0, 0.1) is 0 Å². The highest BCUT2D eigenvalue weighted by atomic mass is 35.5. The Labute approximate surface area is 120 Å². The summed E-state index contributed by atoms with van der Waals surface area (Å²) >= 11 is 11.8. The third-order valence-corrected chi connectivity index (χ3v) is 3.07. The Morgan fingerprint density at radius 3 is 2.63 bits per heavy atom. The first kappa shape index (κ1) is 13.6. The predicted octanol–water partition coefficient (Wildman–Crippen LogP) is 3.70. The van der Waals surface area contributed by atoms with Crippen molar-refractivity contribution in [1.82, 2.24) is 4.98 Å². The number of carboxylic acids is 1. The lowest BCUT2D eigenvalue weighted by molar-refractivity contribution is 0.0696. The van der Waals surface area contributed by atoms with Crippen molar-refractivity contribution >= 4 is 35.0 Å². The number of carboxylic acid groups (broad SMARTS) is 1. The third kappa shape index (κ3) is 3.59. The minimum Gasteiger partial charge on any atom is -0.478 e. The van der Waals surface area contributed by atoms with E-state index in [1.54, 1.807) is 18.2 Å². The molecule has 0 fully saturated rings. The summed E-state index contributed by atoms with van der Waals surface area (Å²) in [6.07, 6.45) is 1.30. The average molecular weight is 297 g/mol. The van der Waals surface area contributed by atoms with Crippen LogP contribution in [0.4, 0.5) is 5.82 Å². The van der Waals surface area contributed by atoms with E-state index in [-0.39, 0.29) is 5.56 Å². The lowest BCUT2D eigenvalue weighted by Crippen LogP contribution is -2.03. The van der Waals surface area contributed by atoms with Crippen molar-refractivity contribution in [3.05, 3.63) is 57.7 Å². The summed E-state index contributed by atoms with van der Waals surface area (Å²) in [6, 6.07) is 8.34. The van der Waals surface area contributed by atoms with Crippen molar-refractivity contribution in [2.45, 2.75) is 6.54 Å². The minimum absolute atomic E-state index is 0.148. The molecule has 0 radical (unpaired) electrons. The number of halogens is 2. The molecule has 6 heteroatoms. The molecule has 0 aliphatic rings. The molecule has 0 spiro atoms. The van der Waals surface area contributed by atoms with Crippen LogP contribution in [0.25, 0.3) is 0 Å². The Kier molecular flexibility index (Phi) is 4.24. The predicted molar refractivity (Wildman–Crippen MR) is 75.0 cm³/mol. The van der Waals surface area contributed by atoms with Gasteiger partial charge < -0.3 is 10.4 Å². The van der Waals surface area contributed by atoms with Crippen LogP contribution in [0.2, 0.25) is 10.0 Å². The maximum Gasteiger partial charge on any atom is 0.337 e. The van der Waals surface area contributed by atoms with E-state index in [9.17, 15) is 4.79 Å². The van der Waals surface area contributed by atoms with Gasteiger partial charge in [0.25, 0.3) is 0 Å². The molecule has 0 saturated carbocycles. The number of benzene rings is 1. The van der Waals surface area contributed by atoms with E-state index in [1.165, 1.54) is 12.3 Å². The van der Waals surface area contributed by atoms with Gasteiger partial charge in [-0.1, -0.05) is 29.3 Å².